The zero-order valence-corrected chi connectivity index (χ0v) is 10.3. The molecule has 0 unspecified atom stereocenters. The van der Waals surface area contributed by atoms with Crippen molar-refractivity contribution in [2.75, 3.05) is 33.8 Å². The first-order valence-electron chi connectivity index (χ1n) is 6.20. The van der Waals surface area contributed by atoms with Crippen molar-refractivity contribution in [2.45, 2.75) is 44.1 Å². The van der Waals surface area contributed by atoms with Gasteiger partial charge in [0.2, 0.25) is 0 Å². The van der Waals surface area contributed by atoms with Crippen molar-refractivity contribution in [1.29, 1.82) is 0 Å². The molecule has 3 heteroatoms. The number of likely N-dealkylation sites (N-methyl/N-ethyl adjacent to an activating group) is 1. The monoisotopic (exact) mass is 214 g/mol. The van der Waals surface area contributed by atoms with E-state index < -0.39 is 0 Å². The molecule has 0 bridgehead atoms. The maximum atomic E-state index is 8.64. The van der Waals surface area contributed by atoms with Gasteiger partial charge in [0.1, 0.15) is 0 Å². The Morgan fingerprint density at radius 2 is 1.93 bits per heavy atom. The number of aliphatic hydroxyl groups excluding tert-OH is 1. The Hall–Kier alpha value is -0.120. The molecule has 1 aliphatic rings. The van der Waals surface area contributed by atoms with Crippen molar-refractivity contribution in [2.24, 2.45) is 0 Å². The normalized spacial score (nSPS) is 19.2. The Kier molecular flexibility index (Phi) is 5.58. The maximum Gasteiger partial charge on any atom is 0.0431 e. The highest BCUT2D eigenvalue weighted by Crippen LogP contribution is 2.35. The van der Waals surface area contributed by atoms with Gasteiger partial charge in [-0.05, 0) is 59.2 Å². The third-order valence-electron chi connectivity index (χ3n) is 3.70. The zero-order chi connectivity index (χ0) is 11.1. The zero-order valence-electron chi connectivity index (χ0n) is 10.3. The molecule has 0 radical (unpaired) electrons. The minimum Gasteiger partial charge on any atom is -0.396 e. The predicted octanol–water partition coefficient (Wildman–Crippen LogP) is 1.22. The van der Waals surface area contributed by atoms with Gasteiger partial charge in [-0.2, -0.15) is 0 Å². The lowest BCUT2D eigenvalue weighted by Crippen LogP contribution is -2.56. The van der Waals surface area contributed by atoms with Crippen molar-refractivity contribution in [3.8, 4) is 0 Å². The van der Waals surface area contributed by atoms with Crippen molar-refractivity contribution in [3.63, 3.8) is 0 Å². The lowest BCUT2D eigenvalue weighted by Gasteiger charge is -2.47. The lowest BCUT2D eigenvalue weighted by molar-refractivity contribution is 0.0602. The Morgan fingerprint density at radius 1 is 1.20 bits per heavy atom. The van der Waals surface area contributed by atoms with Gasteiger partial charge in [0.25, 0.3) is 0 Å². The number of rotatable bonds is 8. The van der Waals surface area contributed by atoms with E-state index in [-0.39, 0.29) is 0 Å². The van der Waals surface area contributed by atoms with Gasteiger partial charge in [0, 0.05) is 18.7 Å². The predicted molar refractivity (Wildman–Crippen MR) is 64.1 cm³/mol. The fourth-order valence-corrected chi connectivity index (χ4v) is 2.23. The fraction of sp³-hybridized carbons (Fsp3) is 1.00. The summed E-state index contributed by atoms with van der Waals surface area (Å²) in [6, 6.07) is 0. The van der Waals surface area contributed by atoms with Crippen LogP contribution in [0.3, 0.4) is 0 Å². The molecule has 0 aromatic carbocycles. The van der Waals surface area contributed by atoms with Crippen LogP contribution in [-0.4, -0.2) is 49.3 Å². The van der Waals surface area contributed by atoms with Gasteiger partial charge in [0.15, 0.2) is 0 Å². The Morgan fingerprint density at radius 3 is 2.40 bits per heavy atom. The van der Waals surface area contributed by atoms with Gasteiger partial charge in [-0.3, -0.25) is 0 Å². The van der Waals surface area contributed by atoms with E-state index in [1.54, 1.807) is 0 Å². The van der Waals surface area contributed by atoms with Gasteiger partial charge in [-0.15, -0.1) is 0 Å². The van der Waals surface area contributed by atoms with Gasteiger partial charge >= 0.3 is 0 Å². The standard InChI is InChI=1S/C12H26N2O/c1-14(2)12(7-6-8-12)11-13-9-4-3-5-10-15/h13,15H,3-11H2,1-2H3. The number of hydrogen-bond donors (Lipinski definition) is 2. The number of unbranched alkanes of at least 4 members (excludes halogenated alkanes) is 2. The number of nitrogens with one attached hydrogen (secondary N) is 1. The highest BCUT2D eigenvalue weighted by molar-refractivity contribution is 4.97. The molecular formula is C12H26N2O. The average Bonchev–Trinajstić information content (AvgIpc) is 2.13. The SMILES string of the molecule is CN(C)C1(CNCCCCCO)CCC1. The van der Waals surface area contributed by atoms with Crippen LogP contribution < -0.4 is 5.32 Å². The summed E-state index contributed by atoms with van der Waals surface area (Å²) in [5, 5.41) is 12.2. The highest BCUT2D eigenvalue weighted by atomic mass is 16.2. The molecule has 15 heavy (non-hydrogen) atoms. The second-order valence-corrected chi connectivity index (χ2v) is 4.93. The maximum absolute atomic E-state index is 8.64. The molecule has 0 aliphatic heterocycles. The molecule has 3 nitrogen and oxygen atoms in total. The molecule has 0 saturated heterocycles. The highest BCUT2D eigenvalue weighted by Gasteiger charge is 2.38. The molecule has 0 aromatic rings. The molecule has 0 atom stereocenters. The number of aliphatic hydroxyl groups is 1. The number of nitrogens with zero attached hydrogens (tertiary/aromatic N) is 1. The van der Waals surface area contributed by atoms with Crippen molar-refractivity contribution in [3.05, 3.63) is 0 Å². The minimum absolute atomic E-state index is 0.335. The van der Waals surface area contributed by atoms with Crippen LogP contribution >= 0.6 is 0 Å². The molecule has 0 heterocycles. The average molecular weight is 214 g/mol. The summed E-state index contributed by atoms with van der Waals surface area (Å²) in [7, 11) is 4.37. The molecule has 1 rings (SSSR count). The van der Waals surface area contributed by atoms with E-state index in [9.17, 15) is 0 Å². The fourth-order valence-electron chi connectivity index (χ4n) is 2.23. The number of hydrogen-bond acceptors (Lipinski definition) is 3. The summed E-state index contributed by atoms with van der Waals surface area (Å²) in [5.74, 6) is 0. The van der Waals surface area contributed by atoms with E-state index in [0.29, 0.717) is 12.1 Å². The lowest BCUT2D eigenvalue weighted by atomic mass is 9.75. The summed E-state index contributed by atoms with van der Waals surface area (Å²) in [6.07, 6.45) is 7.32. The van der Waals surface area contributed by atoms with Gasteiger partial charge in [-0.1, -0.05) is 0 Å². The van der Waals surface area contributed by atoms with Crippen LogP contribution in [0.4, 0.5) is 0 Å². The van der Waals surface area contributed by atoms with Crippen LogP contribution in [0.5, 0.6) is 0 Å². The third kappa shape index (κ3) is 3.74. The molecule has 0 spiro atoms. The summed E-state index contributed by atoms with van der Waals surface area (Å²) < 4.78 is 0. The van der Waals surface area contributed by atoms with Crippen LogP contribution in [0.2, 0.25) is 0 Å². The summed E-state index contributed by atoms with van der Waals surface area (Å²) >= 11 is 0. The van der Waals surface area contributed by atoms with Crippen LogP contribution in [0, 0.1) is 0 Å². The Balaban J connectivity index is 2.03. The molecule has 0 aromatic heterocycles. The quantitative estimate of drug-likeness (QED) is 0.596. The van der Waals surface area contributed by atoms with Gasteiger partial charge < -0.3 is 15.3 Å². The second kappa shape index (κ2) is 6.46. The first-order valence-corrected chi connectivity index (χ1v) is 6.20. The minimum atomic E-state index is 0.335. The molecule has 0 amide bonds. The van der Waals surface area contributed by atoms with E-state index in [4.69, 9.17) is 5.11 Å². The van der Waals surface area contributed by atoms with Crippen LogP contribution in [0.25, 0.3) is 0 Å². The molecule has 1 aliphatic carbocycles. The van der Waals surface area contributed by atoms with Crippen molar-refractivity contribution >= 4 is 0 Å². The second-order valence-electron chi connectivity index (χ2n) is 4.93. The van der Waals surface area contributed by atoms with E-state index in [1.165, 1.54) is 25.7 Å². The molecule has 90 valence electrons. The van der Waals surface area contributed by atoms with Crippen molar-refractivity contribution < 1.29 is 5.11 Å². The summed E-state index contributed by atoms with van der Waals surface area (Å²) in [5.41, 5.74) is 0.441. The Bertz CT molecular complexity index is 167. The summed E-state index contributed by atoms with van der Waals surface area (Å²) in [6.45, 7) is 2.55. The topological polar surface area (TPSA) is 35.5 Å². The van der Waals surface area contributed by atoms with E-state index >= 15 is 0 Å². The smallest absolute Gasteiger partial charge is 0.0431 e. The molecule has 2 N–H and O–H groups in total. The van der Waals surface area contributed by atoms with E-state index in [1.807, 2.05) is 0 Å². The Labute approximate surface area is 93.9 Å². The van der Waals surface area contributed by atoms with Gasteiger partial charge in [-0.25, -0.2) is 0 Å². The van der Waals surface area contributed by atoms with Gasteiger partial charge in [0.05, 0.1) is 0 Å². The third-order valence-corrected chi connectivity index (χ3v) is 3.70. The molecule has 1 saturated carbocycles. The van der Waals surface area contributed by atoms with Crippen molar-refractivity contribution in [1.82, 2.24) is 10.2 Å². The molecular weight excluding hydrogens is 188 g/mol. The summed E-state index contributed by atoms with van der Waals surface area (Å²) in [4.78, 5) is 2.37. The largest absolute Gasteiger partial charge is 0.396 e. The first kappa shape index (κ1) is 12.9. The van der Waals surface area contributed by atoms with E-state index in [0.717, 1.165) is 25.9 Å². The van der Waals surface area contributed by atoms with Crippen LogP contribution in [0.1, 0.15) is 38.5 Å². The van der Waals surface area contributed by atoms with Crippen LogP contribution in [-0.2, 0) is 0 Å². The van der Waals surface area contributed by atoms with E-state index in [2.05, 4.69) is 24.3 Å². The molecule has 1 fully saturated rings. The first-order chi connectivity index (χ1) is 7.21. The van der Waals surface area contributed by atoms with Crippen LogP contribution in [0.15, 0.2) is 0 Å².